The average Bonchev–Trinajstić information content (AvgIpc) is 2.38. The normalized spacial score (nSPS) is 11.8. The summed E-state index contributed by atoms with van der Waals surface area (Å²) in [6.07, 6.45) is 1.08. The van der Waals surface area contributed by atoms with Crippen LogP contribution in [0.15, 0.2) is 29.2 Å². The van der Waals surface area contributed by atoms with E-state index in [0.717, 1.165) is 12.2 Å². The van der Waals surface area contributed by atoms with Gasteiger partial charge < -0.3 is 5.11 Å². The lowest BCUT2D eigenvalue weighted by Crippen LogP contribution is -2.10. The molecule has 0 aromatic heterocycles. The molecular formula is C14H20O4S2. The van der Waals surface area contributed by atoms with Crippen molar-refractivity contribution in [1.82, 2.24) is 0 Å². The molecule has 0 spiro atoms. The fourth-order valence-electron chi connectivity index (χ4n) is 1.51. The molecule has 6 heteroatoms. The molecule has 1 aromatic rings. The van der Waals surface area contributed by atoms with Crippen molar-refractivity contribution in [3.05, 3.63) is 29.8 Å². The topological polar surface area (TPSA) is 71.4 Å². The molecule has 1 N–H and O–H groups in total. The zero-order chi connectivity index (χ0) is 15.2. The second kappa shape index (κ2) is 7.69. The van der Waals surface area contributed by atoms with Crippen LogP contribution < -0.4 is 0 Å². The first-order valence-corrected chi connectivity index (χ1v) is 9.27. The van der Waals surface area contributed by atoms with E-state index in [2.05, 4.69) is 13.8 Å². The van der Waals surface area contributed by atoms with E-state index in [9.17, 15) is 13.2 Å². The van der Waals surface area contributed by atoms with Crippen LogP contribution in [0.2, 0.25) is 0 Å². The van der Waals surface area contributed by atoms with E-state index in [1.807, 2.05) is 0 Å². The highest BCUT2D eigenvalue weighted by atomic mass is 32.2. The molecule has 0 fully saturated rings. The molecule has 20 heavy (non-hydrogen) atoms. The Morgan fingerprint density at radius 3 is 2.30 bits per heavy atom. The van der Waals surface area contributed by atoms with Crippen LogP contribution >= 0.6 is 11.8 Å². The molecule has 0 bridgehead atoms. The number of sulfone groups is 1. The summed E-state index contributed by atoms with van der Waals surface area (Å²) in [6, 6.07) is 5.36. The average molecular weight is 316 g/mol. The van der Waals surface area contributed by atoms with Gasteiger partial charge in [-0.2, -0.15) is 11.8 Å². The second-order valence-electron chi connectivity index (χ2n) is 4.94. The lowest BCUT2D eigenvalue weighted by Gasteiger charge is -2.06. The van der Waals surface area contributed by atoms with E-state index in [0.29, 0.717) is 11.7 Å². The monoisotopic (exact) mass is 316 g/mol. The summed E-state index contributed by atoms with van der Waals surface area (Å²) in [6.45, 7) is 4.28. The highest BCUT2D eigenvalue weighted by Crippen LogP contribution is 2.15. The molecule has 0 amide bonds. The minimum Gasteiger partial charge on any atom is -0.478 e. The molecule has 0 heterocycles. The first kappa shape index (κ1) is 17.0. The third-order valence-electron chi connectivity index (χ3n) is 2.80. The van der Waals surface area contributed by atoms with Crippen LogP contribution in [0.5, 0.6) is 0 Å². The van der Waals surface area contributed by atoms with Gasteiger partial charge in [-0.3, -0.25) is 0 Å². The van der Waals surface area contributed by atoms with E-state index in [1.54, 1.807) is 11.8 Å². The summed E-state index contributed by atoms with van der Waals surface area (Å²) in [5.74, 6) is 1.18. The molecule has 0 aliphatic heterocycles. The van der Waals surface area contributed by atoms with Gasteiger partial charge in [0.2, 0.25) is 0 Å². The van der Waals surface area contributed by atoms with Gasteiger partial charge in [-0.15, -0.1) is 0 Å². The maximum absolute atomic E-state index is 12.0. The maximum Gasteiger partial charge on any atom is 0.335 e. The van der Waals surface area contributed by atoms with Gasteiger partial charge >= 0.3 is 5.97 Å². The van der Waals surface area contributed by atoms with Crippen LogP contribution in [0.4, 0.5) is 0 Å². The fourth-order valence-corrected chi connectivity index (χ4v) is 4.49. The molecule has 0 aliphatic carbocycles. The van der Waals surface area contributed by atoms with E-state index in [-0.39, 0.29) is 16.2 Å². The Bertz CT molecular complexity index is 533. The van der Waals surface area contributed by atoms with Crippen molar-refractivity contribution >= 4 is 27.6 Å². The van der Waals surface area contributed by atoms with Crippen molar-refractivity contribution < 1.29 is 18.3 Å². The Hall–Kier alpha value is -1.01. The largest absolute Gasteiger partial charge is 0.478 e. The molecule has 0 atom stereocenters. The number of carbonyl (C=O) groups is 1. The molecule has 0 saturated heterocycles. The van der Waals surface area contributed by atoms with Crippen molar-refractivity contribution in [1.29, 1.82) is 0 Å². The van der Waals surface area contributed by atoms with Gasteiger partial charge in [-0.05, 0) is 42.4 Å². The Morgan fingerprint density at radius 1 is 1.20 bits per heavy atom. The summed E-state index contributed by atoms with van der Waals surface area (Å²) >= 11 is 1.64. The number of hydrogen-bond acceptors (Lipinski definition) is 4. The van der Waals surface area contributed by atoms with Gasteiger partial charge in [0.1, 0.15) is 0 Å². The van der Waals surface area contributed by atoms with Crippen molar-refractivity contribution in [3.8, 4) is 0 Å². The van der Waals surface area contributed by atoms with Gasteiger partial charge in [-0.1, -0.05) is 13.8 Å². The van der Waals surface area contributed by atoms with E-state index in [4.69, 9.17) is 5.11 Å². The van der Waals surface area contributed by atoms with E-state index < -0.39 is 15.8 Å². The van der Waals surface area contributed by atoms with E-state index >= 15 is 0 Å². The molecule has 0 radical (unpaired) electrons. The molecule has 1 aromatic carbocycles. The summed E-state index contributed by atoms with van der Waals surface area (Å²) in [7, 11) is -3.32. The lowest BCUT2D eigenvalue weighted by molar-refractivity contribution is 0.0696. The number of carboxylic acid groups (broad SMARTS) is 1. The summed E-state index contributed by atoms with van der Waals surface area (Å²) < 4.78 is 24.1. The second-order valence-corrected chi connectivity index (χ2v) is 8.28. The van der Waals surface area contributed by atoms with Crippen molar-refractivity contribution in [2.75, 3.05) is 17.3 Å². The standard InChI is InChI=1S/C14H20O4S2/c1-11(2)7-8-19-9-10-20(17,18)13-5-3-12(4-6-13)14(15)16/h3-6,11H,7-10H2,1-2H3,(H,15,16). The number of aromatic carboxylic acids is 1. The van der Waals surface area contributed by atoms with Crippen LogP contribution in [0.25, 0.3) is 0 Å². The number of hydrogen-bond donors (Lipinski definition) is 1. The Morgan fingerprint density at radius 2 is 1.80 bits per heavy atom. The minimum atomic E-state index is -3.32. The predicted octanol–water partition coefficient (Wildman–Crippen LogP) is 2.94. The molecule has 112 valence electrons. The third-order valence-corrected chi connectivity index (χ3v) is 5.80. The zero-order valence-corrected chi connectivity index (χ0v) is 13.3. The van der Waals surface area contributed by atoms with Crippen LogP contribution in [-0.4, -0.2) is 36.8 Å². The summed E-state index contributed by atoms with van der Waals surface area (Å²) in [5.41, 5.74) is 0.0928. The SMILES string of the molecule is CC(C)CCSCCS(=O)(=O)c1ccc(C(=O)O)cc1. The van der Waals surface area contributed by atoms with Gasteiger partial charge in [0.15, 0.2) is 9.84 Å². The van der Waals surface area contributed by atoms with Crippen molar-refractivity contribution in [2.45, 2.75) is 25.2 Å². The first-order valence-electron chi connectivity index (χ1n) is 6.47. The number of benzene rings is 1. The minimum absolute atomic E-state index is 0.0855. The molecule has 4 nitrogen and oxygen atoms in total. The fraction of sp³-hybridized carbons (Fsp3) is 0.500. The third kappa shape index (κ3) is 5.54. The molecule has 0 saturated carbocycles. The van der Waals surface area contributed by atoms with Crippen molar-refractivity contribution in [2.24, 2.45) is 5.92 Å². The van der Waals surface area contributed by atoms with Crippen LogP contribution in [0.1, 0.15) is 30.6 Å². The predicted molar refractivity (Wildman–Crippen MR) is 82.2 cm³/mol. The molecule has 1 rings (SSSR count). The summed E-state index contributed by atoms with van der Waals surface area (Å²) in [5, 5.41) is 8.77. The molecular weight excluding hydrogens is 296 g/mol. The Balaban J connectivity index is 2.54. The van der Waals surface area contributed by atoms with Crippen LogP contribution in [-0.2, 0) is 9.84 Å². The number of thioether (sulfide) groups is 1. The number of rotatable bonds is 8. The van der Waals surface area contributed by atoms with Crippen molar-refractivity contribution in [3.63, 3.8) is 0 Å². The number of carboxylic acids is 1. The molecule has 0 aliphatic rings. The van der Waals surface area contributed by atoms with Gasteiger partial charge in [0, 0.05) is 5.75 Å². The van der Waals surface area contributed by atoms with Gasteiger partial charge in [-0.25, -0.2) is 13.2 Å². The molecule has 0 unspecified atom stereocenters. The highest BCUT2D eigenvalue weighted by molar-refractivity contribution is 8.00. The van der Waals surface area contributed by atoms with E-state index in [1.165, 1.54) is 24.3 Å². The Kier molecular flexibility index (Phi) is 6.55. The Labute approximate surface area is 124 Å². The van der Waals surface area contributed by atoms with Crippen LogP contribution in [0, 0.1) is 5.92 Å². The first-order chi connectivity index (χ1) is 9.33. The quantitative estimate of drug-likeness (QED) is 0.747. The maximum atomic E-state index is 12.0. The van der Waals surface area contributed by atoms with Gasteiger partial charge in [0.25, 0.3) is 0 Å². The summed E-state index contributed by atoms with van der Waals surface area (Å²) in [4.78, 5) is 10.9. The highest BCUT2D eigenvalue weighted by Gasteiger charge is 2.14. The zero-order valence-electron chi connectivity index (χ0n) is 11.7. The van der Waals surface area contributed by atoms with Gasteiger partial charge in [0.05, 0.1) is 16.2 Å². The smallest absolute Gasteiger partial charge is 0.335 e. The lowest BCUT2D eigenvalue weighted by atomic mass is 10.2. The van der Waals surface area contributed by atoms with Crippen LogP contribution in [0.3, 0.4) is 0 Å².